The highest BCUT2D eigenvalue weighted by atomic mass is 15.2. The van der Waals surface area contributed by atoms with Crippen molar-refractivity contribution in [1.29, 1.82) is 0 Å². The van der Waals surface area contributed by atoms with Gasteiger partial charge in [0, 0.05) is 17.5 Å². The number of hydrogen-bond donors (Lipinski definition) is 0. The van der Waals surface area contributed by atoms with Crippen LogP contribution in [0.2, 0.25) is 0 Å². The highest BCUT2D eigenvalue weighted by Gasteiger charge is 2.31. The summed E-state index contributed by atoms with van der Waals surface area (Å²) in [7, 11) is 0. The molecule has 1 aliphatic carbocycles. The van der Waals surface area contributed by atoms with E-state index >= 15 is 0 Å². The van der Waals surface area contributed by atoms with Gasteiger partial charge < -0.3 is 4.90 Å². The summed E-state index contributed by atoms with van der Waals surface area (Å²) in [5, 5.41) is 1.22. The minimum atomic E-state index is 0.524. The van der Waals surface area contributed by atoms with Gasteiger partial charge in [0.05, 0.1) is 5.52 Å². The number of nitrogens with zero attached hydrogens (tertiary/aromatic N) is 2. The summed E-state index contributed by atoms with van der Waals surface area (Å²) in [6.07, 6.45) is 2.62. The summed E-state index contributed by atoms with van der Waals surface area (Å²) in [4.78, 5) is 7.23. The van der Waals surface area contributed by atoms with Crippen molar-refractivity contribution < 1.29 is 0 Å². The maximum absolute atomic E-state index is 4.78. The summed E-state index contributed by atoms with van der Waals surface area (Å²) >= 11 is 0. The Balaban J connectivity index is 2.04. The normalized spacial score (nSPS) is 15.5. The van der Waals surface area contributed by atoms with Gasteiger partial charge in [0.1, 0.15) is 5.82 Å². The van der Waals surface area contributed by atoms with Crippen LogP contribution < -0.4 is 4.90 Å². The second-order valence-corrected chi connectivity index (χ2v) is 5.09. The first kappa shape index (κ1) is 10.6. The van der Waals surface area contributed by atoms with Crippen LogP contribution in [0.15, 0.2) is 36.4 Å². The minimum absolute atomic E-state index is 0.524. The Hall–Kier alpha value is -1.57. The minimum Gasteiger partial charge on any atom is -0.351 e. The average molecular weight is 226 g/mol. The van der Waals surface area contributed by atoms with E-state index < -0.39 is 0 Å². The van der Waals surface area contributed by atoms with Crippen molar-refractivity contribution in [3.63, 3.8) is 0 Å². The Morgan fingerprint density at radius 1 is 1.12 bits per heavy atom. The van der Waals surface area contributed by atoms with Gasteiger partial charge in [-0.1, -0.05) is 18.2 Å². The van der Waals surface area contributed by atoms with Crippen molar-refractivity contribution in [1.82, 2.24) is 4.98 Å². The first-order valence-corrected chi connectivity index (χ1v) is 6.40. The molecule has 0 spiro atoms. The molecule has 1 aromatic carbocycles. The molecule has 0 atom stereocenters. The van der Waals surface area contributed by atoms with Gasteiger partial charge in [0.2, 0.25) is 0 Å². The molecule has 0 radical (unpaired) electrons. The molecule has 1 fully saturated rings. The zero-order chi connectivity index (χ0) is 11.8. The second-order valence-electron chi connectivity index (χ2n) is 5.09. The van der Waals surface area contributed by atoms with Crippen LogP contribution in [0.25, 0.3) is 10.9 Å². The van der Waals surface area contributed by atoms with E-state index in [0.717, 1.165) is 11.3 Å². The van der Waals surface area contributed by atoms with Gasteiger partial charge in [-0.05, 0) is 44.9 Å². The van der Waals surface area contributed by atoms with Gasteiger partial charge in [0.15, 0.2) is 0 Å². The first-order chi connectivity index (χ1) is 8.25. The molecule has 2 aromatic rings. The standard InChI is InChI=1S/C15H18N2/c1-11(2)17(13-8-9-13)15-10-7-12-5-3-4-6-14(12)16-15/h3-7,10-11,13H,8-9H2,1-2H3. The van der Waals surface area contributed by atoms with E-state index in [1.807, 2.05) is 0 Å². The van der Waals surface area contributed by atoms with Crippen LogP contribution in [0.3, 0.4) is 0 Å². The topological polar surface area (TPSA) is 16.1 Å². The van der Waals surface area contributed by atoms with Crippen molar-refractivity contribution in [2.45, 2.75) is 38.8 Å². The summed E-state index contributed by atoms with van der Waals surface area (Å²) in [5.74, 6) is 1.13. The van der Waals surface area contributed by atoms with E-state index in [-0.39, 0.29) is 0 Å². The summed E-state index contributed by atoms with van der Waals surface area (Å²) in [6, 6.07) is 13.9. The monoisotopic (exact) mass is 226 g/mol. The summed E-state index contributed by atoms with van der Waals surface area (Å²) < 4.78 is 0. The Morgan fingerprint density at radius 3 is 2.59 bits per heavy atom. The van der Waals surface area contributed by atoms with Crippen molar-refractivity contribution in [2.24, 2.45) is 0 Å². The number of aromatic nitrogens is 1. The van der Waals surface area contributed by atoms with E-state index in [4.69, 9.17) is 4.98 Å². The lowest BCUT2D eigenvalue weighted by Crippen LogP contribution is -2.33. The third kappa shape index (κ3) is 1.99. The number of pyridine rings is 1. The molecule has 88 valence electrons. The van der Waals surface area contributed by atoms with E-state index in [2.05, 4.69) is 55.1 Å². The van der Waals surface area contributed by atoms with Crippen molar-refractivity contribution >= 4 is 16.7 Å². The third-order valence-corrected chi connectivity index (χ3v) is 3.34. The number of fused-ring (bicyclic) bond motifs is 1. The summed E-state index contributed by atoms with van der Waals surface area (Å²) in [5.41, 5.74) is 1.09. The van der Waals surface area contributed by atoms with Gasteiger partial charge in [-0.3, -0.25) is 0 Å². The van der Waals surface area contributed by atoms with Gasteiger partial charge in [-0.15, -0.1) is 0 Å². The lowest BCUT2D eigenvalue weighted by Gasteiger charge is -2.28. The van der Waals surface area contributed by atoms with Crippen molar-refractivity contribution in [3.05, 3.63) is 36.4 Å². The Labute approximate surface area is 102 Å². The fourth-order valence-electron chi connectivity index (χ4n) is 2.43. The maximum atomic E-state index is 4.78. The largest absolute Gasteiger partial charge is 0.351 e. The molecule has 1 aliphatic rings. The van der Waals surface area contributed by atoms with Crippen LogP contribution in [0.1, 0.15) is 26.7 Å². The Morgan fingerprint density at radius 2 is 1.88 bits per heavy atom. The van der Waals surface area contributed by atoms with Crippen LogP contribution in [0, 0.1) is 0 Å². The molecule has 0 bridgehead atoms. The van der Waals surface area contributed by atoms with Gasteiger partial charge in [0.25, 0.3) is 0 Å². The van der Waals surface area contributed by atoms with Crippen LogP contribution in [0.5, 0.6) is 0 Å². The molecule has 1 saturated carbocycles. The smallest absolute Gasteiger partial charge is 0.129 e. The molecular formula is C15H18N2. The van der Waals surface area contributed by atoms with Crippen LogP contribution in [-0.4, -0.2) is 17.1 Å². The molecule has 0 amide bonds. The first-order valence-electron chi connectivity index (χ1n) is 6.40. The number of rotatable bonds is 3. The van der Waals surface area contributed by atoms with E-state index in [1.54, 1.807) is 0 Å². The molecular weight excluding hydrogens is 208 g/mol. The number of para-hydroxylation sites is 1. The highest BCUT2D eigenvalue weighted by molar-refractivity contribution is 5.80. The lowest BCUT2D eigenvalue weighted by atomic mass is 10.2. The maximum Gasteiger partial charge on any atom is 0.129 e. The molecule has 0 aliphatic heterocycles. The molecule has 1 heterocycles. The van der Waals surface area contributed by atoms with Crippen LogP contribution in [0.4, 0.5) is 5.82 Å². The molecule has 0 saturated heterocycles. The zero-order valence-corrected chi connectivity index (χ0v) is 10.4. The van der Waals surface area contributed by atoms with Crippen molar-refractivity contribution in [3.8, 4) is 0 Å². The van der Waals surface area contributed by atoms with Gasteiger partial charge in [-0.25, -0.2) is 4.98 Å². The average Bonchev–Trinajstić information content (AvgIpc) is 3.13. The quantitative estimate of drug-likeness (QED) is 0.794. The Kier molecular flexibility index (Phi) is 2.50. The van der Waals surface area contributed by atoms with E-state index in [1.165, 1.54) is 18.2 Å². The molecule has 3 rings (SSSR count). The molecule has 1 aromatic heterocycles. The molecule has 2 nitrogen and oxygen atoms in total. The predicted octanol–water partition coefficient (Wildman–Crippen LogP) is 3.61. The Bertz CT molecular complexity index is 527. The molecule has 0 N–H and O–H groups in total. The molecule has 0 unspecified atom stereocenters. The highest BCUT2D eigenvalue weighted by Crippen LogP contribution is 2.33. The SMILES string of the molecule is CC(C)N(c1ccc2ccccc2n1)C1CC1. The van der Waals surface area contributed by atoms with Crippen LogP contribution in [-0.2, 0) is 0 Å². The molecule has 17 heavy (non-hydrogen) atoms. The lowest BCUT2D eigenvalue weighted by molar-refractivity contribution is 0.670. The van der Waals surface area contributed by atoms with E-state index in [0.29, 0.717) is 12.1 Å². The van der Waals surface area contributed by atoms with Gasteiger partial charge in [-0.2, -0.15) is 0 Å². The second kappa shape index (κ2) is 4.02. The number of hydrogen-bond acceptors (Lipinski definition) is 2. The van der Waals surface area contributed by atoms with Gasteiger partial charge >= 0.3 is 0 Å². The summed E-state index contributed by atoms with van der Waals surface area (Å²) in [6.45, 7) is 4.49. The fraction of sp³-hybridized carbons (Fsp3) is 0.400. The van der Waals surface area contributed by atoms with Crippen LogP contribution >= 0.6 is 0 Å². The van der Waals surface area contributed by atoms with Crippen molar-refractivity contribution in [2.75, 3.05) is 4.90 Å². The van der Waals surface area contributed by atoms with E-state index in [9.17, 15) is 0 Å². The number of anilines is 1. The molecule has 2 heteroatoms. The third-order valence-electron chi connectivity index (χ3n) is 3.34. The fourth-order valence-corrected chi connectivity index (χ4v) is 2.43. The predicted molar refractivity (Wildman–Crippen MR) is 72.4 cm³/mol. The zero-order valence-electron chi connectivity index (χ0n) is 10.4. The number of benzene rings is 1.